The molecule has 0 spiro atoms. The zero-order chi connectivity index (χ0) is 12.3. The van der Waals surface area contributed by atoms with Crippen LogP contribution in [0.4, 0.5) is 18.9 Å². The summed E-state index contributed by atoms with van der Waals surface area (Å²) in [5.41, 5.74) is 6.52. The molecule has 3 nitrogen and oxygen atoms in total. The van der Waals surface area contributed by atoms with Crippen molar-refractivity contribution >= 4 is 24.0 Å². The summed E-state index contributed by atoms with van der Waals surface area (Å²) in [5, 5.41) is 1.79. The zero-order valence-electron chi connectivity index (χ0n) is 8.97. The van der Waals surface area contributed by atoms with Crippen LogP contribution < -0.4 is 11.1 Å². The van der Waals surface area contributed by atoms with E-state index < -0.39 is 18.6 Å². The lowest BCUT2D eigenvalue weighted by Crippen LogP contribution is -2.34. The number of hydrogen-bond donors (Lipinski definition) is 2. The maximum atomic E-state index is 11.9. The Kier molecular flexibility index (Phi) is 5.28. The van der Waals surface area contributed by atoms with Gasteiger partial charge in [0.05, 0.1) is 0 Å². The molecule has 17 heavy (non-hydrogen) atoms. The van der Waals surface area contributed by atoms with Crippen LogP contribution in [0.5, 0.6) is 0 Å². The molecule has 0 heterocycles. The van der Waals surface area contributed by atoms with E-state index in [0.717, 1.165) is 0 Å². The molecule has 0 saturated carbocycles. The Morgan fingerprint density at radius 1 is 1.41 bits per heavy atom. The van der Waals surface area contributed by atoms with Crippen LogP contribution in [-0.4, -0.2) is 18.6 Å². The molecule has 1 rings (SSSR count). The molecule has 0 atom stereocenters. The number of benzene rings is 1. The van der Waals surface area contributed by atoms with Crippen LogP contribution in [0.2, 0.25) is 0 Å². The molecule has 1 aromatic rings. The molecule has 1 aromatic carbocycles. The van der Waals surface area contributed by atoms with Gasteiger partial charge in [-0.25, -0.2) is 0 Å². The molecule has 0 saturated heterocycles. The van der Waals surface area contributed by atoms with Crippen molar-refractivity contribution in [2.75, 3.05) is 12.3 Å². The largest absolute Gasteiger partial charge is 0.405 e. The van der Waals surface area contributed by atoms with Crippen LogP contribution in [0.1, 0.15) is 15.9 Å². The predicted molar refractivity (Wildman–Crippen MR) is 61.2 cm³/mol. The molecule has 7 heteroatoms. The molecule has 96 valence electrons. The molecular formula is C10H12ClF3N2O. The minimum Gasteiger partial charge on any atom is -0.399 e. The fourth-order valence-electron chi connectivity index (χ4n) is 1.16. The second-order valence-corrected chi connectivity index (χ2v) is 3.37. The van der Waals surface area contributed by atoms with Gasteiger partial charge >= 0.3 is 6.18 Å². The lowest BCUT2D eigenvalue weighted by atomic mass is 10.1. The lowest BCUT2D eigenvalue weighted by Gasteiger charge is -2.10. The van der Waals surface area contributed by atoms with Crippen LogP contribution in [-0.2, 0) is 0 Å². The van der Waals surface area contributed by atoms with Gasteiger partial charge in [-0.3, -0.25) is 4.79 Å². The van der Waals surface area contributed by atoms with E-state index in [2.05, 4.69) is 0 Å². The Morgan fingerprint density at radius 3 is 2.53 bits per heavy atom. The summed E-state index contributed by atoms with van der Waals surface area (Å²) in [6.45, 7) is 0.280. The van der Waals surface area contributed by atoms with Gasteiger partial charge in [-0.05, 0) is 24.6 Å². The van der Waals surface area contributed by atoms with E-state index in [1.807, 2.05) is 0 Å². The third-order valence-corrected chi connectivity index (χ3v) is 1.96. The van der Waals surface area contributed by atoms with Gasteiger partial charge in [-0.15, -0.1) is 12.4 Å². The summed E-state index contributed by atoms with van der Waals surface area (Å²) in [6, 6.07) is 4.51. The number of rotatable bonds is 2. The smallest absolute Gasteiger partial charge is 0.399 e. The summed E-state index contributed by atoms with van der Waals surface area (Å²) in [7, 11) is 0. The van der Waals surface area contributed by atoms with E-state index in [-0.39, 0.29) is 18.0 Å². The number of carbonyl (C=O) groups excluding carboxylic acids is 1. The Hall–Kier alpha value is -1.43. The van der Waals surface area contributed by atoms with Crippen molar-refractivity contribution in [3.8, 4) is 0 Å². The van der Waals surface area contributed by atoms with Crippen molar-refractivity contribution in [1.29, 1.82) is 0 Å². The number of amides is 1. The van der Waals surface area contributed by atoms with E-state index in [9.17, 15) is 18.0 Å². The monoisotopic (exact) mass is 268 g/mol. The topological polar surface area (TPSA) is 55.1 Å². The molecule has 0 aromatic heterocycles. The third-order valence-electron chi connectivity index (χ3n) is 1.96. The van der Waals surface area contributed by atoms with E-state index in [4.69, 9.17) is 5.73 Å². The van der Waals surface area contributed by atoms with E-state index in [0.29, 0.717) is 11.3 Å². The van der Waals surface area contributed by atoms with Crippen molar-refractivity contribution in [3.63, 3.8) is 0 Å². The standard InChI is InChI=1S/C10H11F3N2O.ClH/c1-6-2-3-7(14)4-8(6)9(16)15-5-10(11,12)13;/h2-4H,5,14H2,1H3,(H,15,16);1H. The third kappa shape index (κ3) is 4.95. The molecule has 0 fully saturated rings. The summed E-state index contributed by atoms with van der Waals surface area (Å²) < 4.78 is 35.6. The average molecular weight is 269 g/mol. The van der Waals surface area contributed by atoms with Crippen molar-refractivity contribution in [2.24, 2.45) is 0 Å². The Balaban J connectivity index is 0.00000256. The van der Waals surface area contributed by atoms with E-state index in [1.165, 1.54) is 6.07 Å². The molecule has 0 unspecified atom stereocenters. The van der Waals surface area contributed by atoms with Crippen LogP contribution in [0, 0.1) is 6.92 Å². The molecule has 0 radical (unpaired) electrons. The fraction of sp³-hybridized carbons (Fsp3) is 0.300. The first-order valence-corrected chi connectivity index (χ1v) is 4.50. The first-order chi connectivity index (χ1) is 7.29. The molecule has 0 aliphatic heterocycles. The summed E-state index contributed by atoms with van der Waals surface area (Å²) in [5.74, 6) is -0.776. The number of hydrogen-bond acceptors (Lipinski definition) is 2. The van der Waals surface area contributed by atoms with E-state index >= 15 is 0 Å². The van der Waals surface area contributed by atoms with Crippen molar-refractivity contribution < 1.29 is 18.0 Å². The highest BCUT2D eigenvalue weighted by Gasteiger charge is 2.28. The van der Waals surface area contributed by atoms with E-state index in [1.54, 1.807) is 24.4 Å². The predicted octanol–water partition coefficient (Wildman–Crippen LogP) is 2.29. The molecular weight excluding hydrogens is 257 g/mol. The molecule has 3 N–H and O–H groups in total. The van der Waals surface area contributed by atoms with Crippen molar-refractivity contribution in [1.82, 2.24) is 5.32 Å². The number of aryl methyl sites for hydroxylation is 1. The molecule has 0 aliphatic rings. The SMILES string of the molecule is Cc1ccc(N)cc1C(=O)NCC(F)(F)F.Cl. The van der Waals surface area contributed by atoms with Crippen LogP contribution in [0.3, 0.4) is 0 Å². The van der Waals surface area contributed by atoms with Gasteiger partial charge in [0.25, 0.3) is 5.91 Å². The minimum atomic E-state index is -4.41. The van der Waals surface area contributed by atoms with Gasteiger partial charge in [0.2, 0.25) is 0 Å². The van der Waals surface area contributed by atoms with Gasteiger partial charge < -0.3 is 11.1 Å². The quantitative estimate of drug-likeness (QED) is 0.809. The zero-order valence-corrected chi connectivity index (χ0v) is 9.78. The Bertz CT molecular complexity index is 407. The molecule has 0 bridgehead atoms. The molecule has 1 amide bonds. The van der Waals surface area contributed by atoms with Gasteiger partial charge in [0.15, 0.2) is 0 Å². The number of halogens is 4. The summed E-state index contributed by atoms with van der Waals surface area (Å²) in [4.78, 5) is 11.4. The number of nitrogen functional groups attached to an aromatic ring is 1. The highest BCUT2D eigenvalue weighted by atomic mass is 35.5. The van der Waals surface area contributed by atoms with Crippen LogP contribution >= 0.6 is 12.4 Å². The fourth-order valence-corrected chi connectivity index (χ4v) is 1.16. The normalized spacial score (nSPS) is 10.6. The van der Waals surface area contributed by atoms with Gasteiger partial charge in [0, 0.05) is 11.3 Å². The van der Waals surface area contributed by atoms with Crippen LogP contribution in [0.15, 0.2) is 18.2 Å². The summed E-state index contributed by atoms with van der Waals surface area (Å²) in [6.07, 6.45) is -4.41. The summed E-state index contributed by atoms with van der Waals surface area (Å²) >= 11 is 0. The van der Waals surface area contributed by atoms with Crippen molar-refractivity contribution in [2.45, 2.75) is 13.1 Å². The average Bonchev–Trinajstić information content (AvgIpc) is 2.17. The second-order valence-electron chi connectivity index (χ2n) is 3.37. The number of anilines is 1. The Morgan fingerprint density at radius 2 is 2.00 bits per heavy atom. The first-order valence-electron chi connectivity index (χ1n) is 4.50. The van der Waals surface area contributed by atoms with Crippen LogP contribution in [0.25, 0.3) is 0 Å². The van der Waals surface area contributed by atoms with Gasteiger partial charge in [-0.2, -0.15) is 13.2 Å². The van der Waals surface area contributed by atoms with Crippen molar-refractivity contribution in [3.05, 3.63) is 29.3 Å². The lowest BCUT2D eigenvalue weighted by molar-refractivity contribution is -0.123. The van der Waals surface area contributed by atoms with Gasteiger partial charge in [-0.1, -0.05) is 6.07 Å². The highest BCUT2D eigenvalue weighted by molar-refractivity contribution is 5.96. The maximum absolute atomic E-state index is 11.9. The maximum Gasteiger partial charge on any atom is 0.405 e. The second kappa shape index (κ2) is 5.77. The number of carbonyl (C=O) groups is 1. The number of alkyl halides is 3. The number of nitrogens with two attached hydrogens (primary N) is 1. The molecule has 0 aliphatic carbocycles. The minimum absolute atomic E-state index is 0. The van der Waals surface area contributed by atoms with Gasteiger partial charge in [0.1, 0.15) is 6.54 Å². The first kappa shape index (κ1) is 15.6. The highest BCUT2D eigenvalue weighted by Crippen LogP contribution is 2.15. The number of nitrogens with one attached hydrogen (secondary N) is 1. The Labute approximate surface area is 103 Å².